The average Bonchev–Trinajstić information content (AvgIpc) is 2.73. The van der Waals surface area contributed by atoms with Crippen LogP contribution >= 0.6 is 0 Å². The second-order valence-corrected chi connectivity index (χ2v) is 4.80. The third-order valence-electron chi connectivity index (χ3n) is 3.19. The normalized spacial score (nSPS) is 22.9. The van der Waals surface area contributed by atoms with Crippen molar-refractivity contribution in [3.05, 3.63) is 29.8 Å². The van der Waals surface area contributed by atoms with Crippen molar-refractivity contribution in [1.29, 1.82) is 0 Å². The quantitative estimate of drug-likeness (QED) is 0.764. The van der Waals surface area contributed by atoms with Crippen LogP contribution in [0.4, 0.5) is 4.39 Å². The second kappa shape index (κ2) is 6.74. The summed E-state index contributed by atoms with van der Waals surface area (Å²) in [6.45, 7) is 1.08. The molecule has 0 saturated carbocycles. The van der Waals surface area contributed by atoms with Gasteiger partial charge in [-0.15, -0.1) is 0 Å². The fourth-order valence-electron chi connectivity index (χ4n) is 2.26. The second-order valence-electron chi connectivity index (χ2n) is 4.80. The Morgan fingerprint density at radius 3 is 3.15 bits per heavy atom. The van der Waals surface area contributed by atoms with Gasteiger partial charge in [0.1, 0.15) is 12.4 Å². The summed E-state index contributed by atoms with van der Waals surface area (Å²) in [6, 6.07) is 2.52. The lowest BCUT2D eigenvalue weighted by Gasteiger charge is -2.16. The lowest BCUT2D eigenvalue weighted by atomic mass is 10.2. The van der Waals surface area contributed by atoms with Gasteiger partial charge in [-0.3, -0.25) is 14.7 Å². The summed E-state index contributed by atoms with van der Waals surface area (Å²) in [4.78, 5) is 17.3. The number of amides is 1. The van der Waals surface area contributed by atoms with Crippen LogP contribution in [0.2, 0.25) is 0 Å². The third-order valence-corrected chi connectivity index (χ3v) is 3.19. The summed E-state index contributed by atoms with van der Waals surface area (Å²) in [5.74, 6) is -0.642. The number of likely N-dealkylation sites (tertiary alicyclic amines) is 1. The molecule has 0 aliphatic carbocycles. The standard InChI is InChI=1S/C13H18FN3O3/c1-20-8-13(19)16-11-6-17(7-12(11)18)5-10-9(14)3-2-4-15-10/h2-4,11-12,18H,5-8H2,1H3,(H,16,19)/t11-,12-/m1/s1. The van der Waals surface area contributed by atoms with Crippen molar-refractivity contribution in [3.63, 3.8) is 0 Å². The number of carbonyl (C=O) groups is 1. The molecule has 110 valence electrons. The van der Waals surface area contributed by atoms with Gasteiger partial charge in [-0.2, -0.15) is 0 Å². The Morgan fingerprint density at radius 2 is 2.45 bits per heavy atom. The number of methoxy groups -OCH3 is 1. The summed E-state index contributed by atoms with van der Waals surface area (Å²) in [7, 11) is 1.43. The highest BCUT2D eigenvalue weighted by Gasteiger charge is 2.32. The molecule has 0 spiro atoms. The van der Waals surface area contributed by atoms with Crippen LogP contribution in [0, 0.1) is 5.82 Å². The first kappa shape index (κ1) is 14.8. The van der Waals surface area contributed by atoms with E-state index in [0.717, 1.165) is 0 Å². The number of hydrogen-bond donors (Lipinski definition) is 2. The van der Waals surface area contributed by atoms with Crippen LogP contribution in [0.15, 0.2) is 18.3 Å². The first-order chi connectivity index (χ1) is 9.60. The molecule has 1 aromatic rings. The number of rotatable bonds is 5. The van der Waals surface area contributed by atoms with Crippen molar-refractivity contribution in [2.24, 2.45) is 0 Å². The fourth-order valence-corrected chi connectivity index (χ4v) is 2.26. The molecular weight excluding hydrogens is 265 g/mol. The molecule has 1 aliphatic rings. The predicted molar refractivity (Wildman–Crippen MR) is 69.3 cm³/mol. The summed E-state index contributed by atoms with van der Waals surface area (Å²) < 4.78 is 18.2. The van der Waals surface area contributed by atoms with Crippen molar-refractivity contribution in [1.82, 2.24) is 15.2 Å². The van der Waals surface area contributed by atoms with Crippen molar-refractivity contribution < 1.29 is 19.0 Å². The van der Waals surface area contributed by atoms with E-state index >= 15 is 0 Å². The highest BCUT2D eigenvalue weighted by atomic mass is 19.1. The average molecular weight is 283 g/mol. The number of nitrogens with zero attached hydrogens (tertiary/aromatic N) is 2. The molecule has 1 aliphatic heterocycles. The van der Waals surface area contributed by atoms with Crippen LogP contribution in [-0.4, -0.2) is 59.8 Å². The highest BCUT2D eigenvalue weighted by molar-refractivity contribution is 5.77. The minimum Gasteiger partial charge on any atom is -0.390 e. The van der Waals surface area contributed by atoms with Gasteiger partial charge < -0.3 is 15.2 Å². The molecule has 7 heteroatoms. The molecule has 20 heavy (non-hydrogen) atoms. The number of pyridine rings is 1. The number of aliphatic hydroxyl groups is 1. The Hall–Kier alpha value is -1.57. The highest BCUT2D eigenvalue weighted by Crippen LogP contribution is 2.14. The van der Waals surface area contributed by atoms with Crippen molar-refractivity contribution in [2.75, 3.05) is 26.8 Å². The lowest BCUT2D eigenvalue weighted by molar-refractivity contribution is -0.125. The van der Waals surface area contributed by atoms with Crippen molar-refractivity contribution >= 4 is 5.91 Å². The molecule has 1 fully saturated rings. The van der Waals surface area contributed by atoms with Crippen LogP contribution in [-0.2, 0) is 16.1 Å². The third kappa shape index (κ3) is 3.72. The molecule has 2 rings (SSSR count). The number of carbonyl (C=O) groups excluding carboxylic acids is 1. The molecular formula is C13H18FN3O3. The first-order valence-corrected chi connectivity index (χ1v) is 6.38. The molecule has 1 saturated heterocycles. The summed E-state index contributed by atoms with van der Waals surface area (Å²) in [6.07, 6.45) is 0.852. The summed E-state index contributed by atoms with van der Waals surface area (Å²) in [5.41, 5.74) is 0.337. The van der Waals surface area contributed by atoms with Gasteiger partial charge in [-0.05, 0) is 12.1 Å². The molecule has 2 atom stereocenters. The van der Waals surface area contributed by atoms with Crippen LogP contribution in [0.3, 0.4) is 0 Å². The molecule has 1 amide bonds. The molecule has 2 N–H and O–H groups in total. The lowest BCUT2D eigenvalue weighted by Crippen LogP contribution is -2.44. The number of aliphatic hydroxyl groups excluding tert-OH is 1. The molecule has 1 aromatic heterocycles. The van der Waals surface area contributed by atoms with Gasteiger partial charge >= 0.3 is 0 Å². The van der Waals surface area contributed by atoms with Gasteiger partial charge in [0.25, 0.3) is 0 Å². The summed E-state index contributed by atoms with van der Waals surface area (Å²) >= 11 is 0. The Bertz CT molecular complexity index is 472. The maximum Gasteiger partial charge on any atom is 0.246 e. The molecule has 2 heterocycles. The Balaban J connectivity index is 1.90. The van der Waals surface area contributed by atoms with E-state index in [1.807, 2.05) is 4.90 Å². The number of nitrogens with one attached hydrogen (secondary N) is 1. The zero-order valence-corrected chi connectivity index (χ0v) is 11.3. The van der Waals surface area contributed by atoms with Gasteiger partial charge in [-0.1, -0.05) is 0 Å². The van der Waals surface area contributed by atoms with Gasteiger partial charge in [0, 0.05) is 32.9 Å². The van der Waals surface area contributed by atoms with Gasteiger partial charge in [0.15, 0.2) is 0 Å². The van der Waals surface area contributed by atoms with Gasteiger partial charge in [0.05, 0.1) is 17.8 Å². The largest absolute Gasteiger partial charge is 0.390 e. The van der Waals surface area contributed by atoms with Crippen LogP contribution in [0.25, 0.3) is 0 Å². The van der Waals surface area contributed by atoms with Gasteiger partial charge in [0.2, 0.25) is 5.91 Å². The smallest absolute Gasteiger partial charge is 0.246 e. The van der Waals surface area contributed by atoms with E-state index in [9.17, 15) is 14.3 Å². The fraction of sp³-hybridized carbons (Fsp3) is 0.538. The summed E-state index contributed by atoms with van der Waals surface area (Å²) in [5, 5.41) is 12.6. The monoisotopic (exact) mass is 283 g/mol. The number of halogens is 1. The van der Waals surface area contributed by atoms with E-state index in [0.29, 0.717) is 25.3 Å². The number of hydrogen-bond acceptors (Lipinski definition) is 5. The van der Waals surface area contributed by atoms with E-state index in [4.69, 9.17) is 4.74 Å². The Morgan fingerprint density at radius 1 is 1.65 bits per heavy atom. The topological polar surface area (TPSA) is 74.7 Å². The van der Waals surface area contributed by atoms with Gasteiger partial charge in [-0.25, -0.2) is 4.39 Å². The SMILES string of the molecule is COCC(=O)N[C@@H]1CN(Cc2ncccc2F)C[C@H]1O. The van der Waals surface area contributed by atoms with Crippen LogP contribution in [0.5, 0.6) is 0 Å². The number of β-amino-alcohol motifs (C(OH)–C–C–N with tert-alkyl or cyclic N) is 1. The van der Waals surface area contributed by atoms with Crippen LogP contribution < -0.4 is 5.32 Å². The Labute approximate surface area is 116 Å². The minimum absolute atomic E-state index is 0.0436. The predicted octanol–water partition coefficient (Wildman–Crippen LogP) is -0.472. The van der Waals surface area contributed by atoms with E-state index in [1.54, 1.807) is 0 Å². The zero-order valence-electron chi connectivity index (χ0n) is 11.3. The van der Waals surface area contributed by atoms with Crippen LogP contribution in [0.1, 0.15) is 5.69 Å². The zero-order chi connectivity index (χ0) is 14.5. The van der Waals surface area contributed by atoms with E-state index in [-0.39, 0.29) is 24.4 Å². The van der Waals surface area contributed by atoms with Crippen molar-refractivity contribution in [2.45, 2.75) is 18.7 Å². The number of aromatic nitrogens is 1. The van der Waals surface area contributed by atoms with E-state index in [1.165, 1.54) is 25.4 Å². The molecule has 0 bridgehead atoms. The molecule has 6 nitrogen and oxygen atoms in total. The Kier molecular flexibility index (Phi) is 4.99. The molecule has 0 unspecified atom stereocenters. The van der Waals surface area contributed by atoms with E-state index in [2.05, 4.69) is 10.3 Å². The maximum atomic E-state index is 13.5. The molecule has 0 radical (unpaired) electrons. The maximum absolute atomic E-state index is 13.5. The van der Waals surface area contributed by atoms with Crippen molar-refractivity contribution in [3.8, 4) is 0 Å². The molecule has 0 aromatic carbocycles. The number of ether oxygens (including phenoxy) is 1. The minimum atomic E-state index is -0.678. The van der Waals surface area contributed by atoms with E-state index < -0.39 is 6.10 Å². The first-order valence-electron chi connectivity index (χ1n) is 6.38.